The van der Waals surface area contributed by atoms with Crippen LogP contribution in [0, 0.1) is 13.8 Å². The third-order valence-corrected chi connectivity index (χ3v) is 4.16. The average molecular weight is 350 g/mol. The molecule has 7 nitrogen and oxygen atoms in total. The average Bonchev–Trinajstić information content (AvgIpc) is 2.84. The van der Waals surface area contributed by atoms with Crippen LogP contribution >= 0.6 is 0 Å². The number of primary amides is 1. The Morgan fingerprint density at radius 3 is 2.72 bits per heavy atom. The number of nitrogens with zero attached hydrogens (tertiary/aromatic N) is 4. The molecule has 1 atom stereocenters. The van der Waals surface area contributed by atoms with Crippen molar-refractivity contribution >= 4 is 11.7 Å². The molecule has 3 rings (SSSR count). The highest BCUT2D eigenvalue weighted by atomic mass is 19.3. The number of carbonyl (C=O) groups excluding carboxylic acids is 1. The van der Waals surface area contributed by atoms with Crippen molar-refractivity contribution in [3.05, 3.63) is 29.2 Å². The summed E-state index contributed by atoms with van der Waals surface area (Å²) in [4.78, 5) is 20.0. The molecule has 1 unspecified atom stereocenters. The quantitative estimate of drug-likeness (QED) is 0.882. The monoisotopic (exact) mass is 350 g/mol. The van der Waals surface area contributed by atoms with Crippen molar-refractivity contribution in [2.75, 3.05) is 5.32 Å². The molecular weight excluding hydrogens is 330 g/mol. The van der Waals surface area contributed by atoms with Crippen molar-refractivity contribution in [3.8, 4) is 5.95 Å². The highest BCUT2D eigenvalue weighted by molar-refractivity contribution is 5.91. The zero-order chi connectivity index (χ0) is 18.2. The predicted octanol–water partition coefficient (Wildman–Crippen LogP) is 2.37. The van der Waals surface area contributed by atoms with Crippen LogP contribution in [0.1, 0.15) is 47.6 Å². The maximum absolute atomic E-state index is 13.6. The number of carbonyl (C=O) groups is 1. The molecule has 2 aromatic rings. The standard InChI is InChI=1S/C16H20F2N6O/c1-9-6-10(2)24(23-9)15-21-12(14(19)25)7-13(22-15)20-11-4-3-5-16(17,18)8-11/h6-7,11H,3-5,8H2,1-2H3,(H2,19,25)(H,20,21,22). The number of nitrogens with two attached hydrogens (primary N) is 1. The lowest BCUT2D eigenvalue weighted by Crippen LogP contribution is -2.34. The molecule has 9 heteroatoms. The van der Waals surface area contributed by atoms with E-state index in [2.05, 4.69) is 20.4 Å². The lowest BCUT2D eigenvalue weighted by atomic mass is 9.92. The van der Waals surface area contributed by atoms with Gasteiger partial charge in [0.15, 0.2) is 0 Å². The van der Waals surface area contributed by atoms with Crippen LogP contribution in [-0.2, 0) is 0 Å². The molecule has 25 heavy (non-hydrogen) atoms. The van der Waals surface area contributed by atoms with Crippen LogP contribution in [0.25, 0.3) is 5.95 Å². The van der Waals surface area contributed by atoms with Gasteiger partial charge in [0.2, 0.25) is 5.92 Å². The molecule has 1 amide bonds. The van der Waals surface area contributed by atoms with Gasteiger partial charge in [-0.1, -0.05) is 0 Å². The minimum absolute atomic E-state index is 0.00243. The van der Waals surface area contributed by atoms with Crippen LogP contribution in [0.3, 0.4) is 0 Å². The van der Waals surface area contributed by atoms with Crippen molar-refractivity contribution in [1.29, 1.82) is 0 Å². The fourth-order valence-corrected chi connectivity index (χ4v) is 3.06. The first-order chi connectivity index (χ1) is 11.7. The van der Waals surface area contributed by atoms with Crippen molar-refractivity contribution in [3.63, 3.8) is 0 Å². The second kappa shape index (κ2) is 6.38. The molecule has 134 valence electrons. The SMILES string of the molecule is Cc1cc(C)n(-c2nc(NC3CCCC(F)(F)C3)cc(C(N)=O)n2)n1. The molecule has 2 aromatic heterocycles. The van der Waals surface area contributed by atoms with E-state index in [1.54, 1.807) is 0 Å². The lowest BCUT2D eigenvalue weighted by molar-refractivity contribution is -0.0373. The van der Waals surface area contributed by atoms with Gasteiger partial charge in [-0.3, -0.25) is 4.79 Å². The number of hydrogen-bond acceptors (Lipinski definition) is 5. The Balaban J connectivity index is 1.93. The summed E-state index contributed by atoms with van der Waals surface area (Å²) in [7, 11) is 0. The third-order valence-electron chi connectivity index (χ3n) is 4.16. The van der Waals surface area contributed by atoms with E-state index in [9.17, 15) is 13.6 Å². The van der Waals surface area contributed by atoms with Gasteiger partial charge < -0.3 is 11.1 Å². The van der Waals surface area contributed by atoms with E-state index in [1.807, 2.05) is 19.9 Å². The first-order valence-corrected chi connectivity index (χ1v) is 8.10. The summed E-state index contributed by atoms with van der Waals surface area (Å²) < 4.78 is 28.7. The number of anilines is 1. The number of nitrogens with one attached hydrogen (secondary N) is 1. The Hall–Kier alpha value is -2.58. The van der Waals surface area contributed by atoms with Crippen LogP contribution in [0.2, 0.25) is 0 Å². The number of amides is 1. The number of halogens is 2. The maximum atomic E-state index is 13.6. The number of rotatable bonds is 4. The Morgan fingerprint density at radius 1 is 1.36 bits per heavy atom. The fraction of sp³-hybridized carbons (Fsp3) is 0.500. The summed E-state index contributed by atoms with van der Waals surface area (Å²) in [6, 6.07) is 2.80. The van der Waals surface area contributed by atoms with Crippen LogP contribution in [0.15, 0.2) is 12.1 Å². The molecule has 0 aliphatic heterocycles. The van der Waals surface area contributed by atoms with Gasteiger partial charge in [-0.05, 0) is 32.8 Å². The Morgan fingerprint density at radius 2 is 2.12 bits per heavy atom. The first kappa shape index (κ1) is 17.2. The van der Waals surface area contributed by atoms with Gasteiger partial charge in [-0.2, -0.15) is 10.1 Å². The Kier molecular flexibility index (Phi) is 4.40. The third kappa shape index (κ3) is 3.92. The van der Waals surface area contributed by atoms with Crippen molar-refractivity contribution in [2.24, 2.45) is 5.73 Å². The molecule has 0 saturated heterocycles. The molecular formula is C16H20F2N6O. The molecule has 1 saturated carbocycles. The molecule has 0 aromatic carbocycles. The van der Waals surface area contributed by atoms with Crippen LogP contribution in [0.5, 0.6) is 0 Å². The smallest absolute Gasteiger partial charge is 0.267 e. The molecule has 0 spiro atoms. The second-order valence-electron chi connectivity index (χ2n) is 6.44. The second-order valence-corrected chi connectivity index (χ2v) is 6.44. The summed E-state index contributed by atoms with van der Waals surface area (Å²) in [5, 5.41) is 7.27. The van der Waals surface area contributed by atoms with Crippen LogP contribution in [0.4, 0.5) is 14.6 Å². The largest absolute Gasteiger partial charge is 0.367 e. The Bertz CT molecular complexity index is 804. The minimum Gasteiger partial charge on any atom is -0.367 e. The van der Waals surface area contributed by atoms with E-state index in [0.29, 0.717) is 12.8 Å². The number of aromatic nitrogens is 4. The highest BCUT2D eigenvalue weighted by Gasteiger charge is 2.36. The normalized spacial score (nSPS) is 19.6. The van der Waals surface area contributed by atoms with E-state index in [4.69, 9.17) is 5.73 Å². The molecule has 1 aliphatic carbocycles. The minimum atomic E-state index is -2.69. The summed E-state index contributed by atoms with van der Waals surface area (Å²) >= 11 is 0. The topological polar surface area (TPSA) is 98.7 Å². The predicted molar refractivity (Wildman–Crippen MR) is 88.0 cm³/mol. The molecule has 0 bridgehead atoms. The summed E-state index contributed by atoms with van der Waals surface area (Å²) in [6.45, 7) is 3.65. The van der Waals surface area contributed by atoms with Gasteiger partial charge in [0, 0.05) is 30.6 Å². The van der Waals surface area contributed by atoms with Crippen molar-refractivity contribution < 1.29 is 13.6 Å². The van der Waals surface area contributed by atoms with E-state index in [0.717, 1.165) is 11.4 Å². The van der Waals surface area contributed by atoms with Crippen LogP contribution < -0.4 is 11.1 Å². The zero-order valence-electron chi connectivity index (χ0n) is 14.1. The van der Waals surface area contributed by atoms with Crippen molar-refractivity contribution in [1.82, 2.24) is 19.7 Å². The van der Waals surface area contributed by atoms with E-state index < -0.39 is 17.9 Å². The molecule has 1 aliphatic rings. The molecule has 3 N–H and O–H groups in total. The van der Waals surface area contributed by atoms with Gasteiger partial charge in [0.1, 0.15) is 11.5 Å². The summed E-state index contributed by atoms with van der Waals surface area (Å²) in [5.41, 5.74) is 6.90. The first-order valence-electron chi connectivity index (χ1n) is 8.10. The van der Waals surface area contributed by atoms with Gasteiger partial charge in [-0.15, -0.1) is 0 Å². The van der Waals surface area contributed by atoms with Crippen molar-refractivity contribution in [2.45, 2.75) is 51.5 Å². The zero-order valence-corrected chi connectivity index (χ0v) is 14.1. The van der Waals surface area contributed by atoms with E-state index >= 15 is 0 Å². The van der Waals surface area contributed by atoms with E-state index in [-0.39, 0.29) is 30.3 Å². The van der Waals surface area contributed by atoms with Crippen LogP contribution in [-0.4, -0.2) is 37.6 Å². The Labute approximate surface area is 143 Å². The van der Waals surface area contributed by atoms with Gasteiger partial charge in [-0.25, -0.2) is 18.4 Å². The molecule has 1 fully saturated rings. The molecule has 2 heterocycles. The maximum Gasteiger partial charge on any atom is 0.267 e. The summed E-state index contributed by atoms with van der Waals surface area (Å²) in [5.74, 6) is -2.95. The number of hydrogen-bond donors (Lipinski definition) is 2. The van der Waals surface area contributed by atoms with Gasteiger partial charge >= 0.3 is 0 Å². The van der Waals surface area contributed by atoms with Gasteiger partial charge in [0.05, 0.1) is 5.69 Å². The highest BCUT2D eigenvalue weighted by Crippen LogP contribution is 2.34. The molecule has 0 radical (unpaired) electrons. The lowest BCUT2D eigenvalue weighted by Gasteiger charge is -2.29. The van der Waals surface area contributed by atoms with Gasteiger partial charge in [0.25, 0.3) is 11.9 Å². The summed E-state index contributed by atoms with van der Waals surface area (Å²) in [6.07, 6.45) is 0.681. The fourth-order valence-electron chi connectivity index (χ4n) is 3.06. The van der Waals surface area contributed by atoms with E-state index in [1.165, 1.54) is 10.7 Å². The number of alkyl halides is 2. The number of aryl methyl sites for hydroxylation is 2.